The first-order chi connectivity index (χ1) is 13.2. The fraction of sp³-hybridized carbons (Fsp3) is 0.429. The van der Waals surface area contributed by atoms with Crippen LogP contribution in [0.4, 0.5) is 0 Å². The minimum Gasteiger partial charge on any atom is -0.503 e. The van der Waals surface area contributed by atoms with E-state index in [0.29, 0.717) is 27.5 Å². The second kappa shape index (κ2) is 6.88. The molecule has 3 aromatic rings. The standard InChI is InChI=1S/C21H23BrN2O3S/c1-21(2,3)11-5-6-12-15(9-11)28-20-16(12)19(26)23-18(24-20)10-7-13(22)17(25)14(8-10)27-4/h7-8,11,25H,5-6,9H2,1-4H3,(H,23,24,26). The third-order valence-electron chi connectivity index (χ3n) is 5.67. The first-order valence-corrected chi connectivity index (χ1v) is 10.9. The number of rotatable bonds is 2. The quantitative estimate of drug-likeness (QED) is 0.542. The van der Waals surface area contributed by atoms with Crippen LogP contribution in [0.1, 0.15) is 37.6 Å². The fourth-order valence-corrected chi connectivity index (χ4v) is 5.67. The van der Waals surface area contributed by atoms with Gasteiger partial charge >= 0.3 is 0 Å². The number of halogens is 1. The van der Waals surface area contributed by atoms with Crippen molar-refractivity contribution in [3.63, 3.8) is 0 Å². The van der Waals surface area contributed by atoms with E-state index in [-0.39, 0.29) is 16.7 Å². The topological polar surface area (TPSA) is 75.2 Å². The normalized spacial score (nSPS) is 17.0. The molecule has 2 heterocycles. The highest BCUT2D eigenvalue weighted by atomic mass is 79.9. The van der Waals surface area contributed by atoms with E-state index < -0.39 is 0 Å². The Labute approximate surface area is 175 Å². The average molecular weight is 463 g/mol. The number of fused-ring (bicyclic) bond motifs is 3. The molecule has 1 aliphatic rings. The van der Waals surface area contributed by atoms with E-state index >= 15 is 0 Å². The molecule has 1 atom stereocenters. The highest BCUT2D eigenvalue weighted by Gasteiger charge is 2.31. The summed E-state index contributed by atoms with van der Waals surface area (Å²) in [4.78, 5) is 22.7. The number of nitrogens with one attached hydrogen (secondary N) is 1. The molecule has 1 aromatic carbocycles. The summed E-state index contributed by atoms with van der Waals surface area (Å²) in [5.74, 6) is 1.44. The maximum absolute atomic E-state index is 12.9. The number of phenolic OH excluding ortho intramolecular Hbond substituents is 1. The van der Waals surface area contributed by atoms with Crippen LogP contribution in [0.25, 0.3) is 21.6 Å². The molecular formula is C21H23BrN2O3S. The lowest BCUT2D eigenvalue weighted by Gasteiger charge is -2.33. The predicted octanol–water partition coefficient (Wildman–Crippen LogP) is 5.28. The van der Waals surface area contributed by atoms with Gasteiger partial charge in [-0.1, -0.05) is 20.8 Å². The number of hydrogen-bond donors (Lipinski definition) is 2. The molecular weight excluding hydrogens is 440 g/mol. The van der Waals surface area contributed by atoms with Crippen LogP contribution in [0.15, 0.2) is 21.4 Å². The number of aryl methyl sites for hydroxylation is 1. The monoisotopic (exact) mass is 462 g/mol. The summed E-state index contributed by atoms with van der Waals surface area (Å²) in [6.45, 7) is 6.86. The highest BCUT2D eigenvalue weighted by Crippen LogP contribution is 2.43. The predicted molar refractivity (Wildman–Crippen MR) is 117 cm³/mol. The molecule has 28 heavy (non-hydrogen) atoms. The molecule has 0 bridgehead atoms. The van der Waals surface area contributed by atoms with E-state index in [0.717, 1.165) is 29.5 Å². The molecule has 0 aliphatic heterocycles. The molecule has 0 radical (unpaired) electrons. The van der Waals surface area contributed by atoms with Gasteiger partial charge in [0.15, 0.2) is 11.5 Å². The van der Waals surface area contributed by atoms with Gasteiger partial charge in [0.05, 0.1) is 17.0 Å². The van der Waals surface area contributed by atoms with E-state index in [1.54, 1.807) is 23.5 Å². The lowest BCUT2D eigenvalue weighted by Crippen LogP contribution is -2.26. The van der Waals surface area contributed by atoms with Crippen molar-refractivity contribution in [3.8, 4) is 22.9 Å². The van der Waals surface area contributed by atoms with E-state index in [2.05, 4.69) is 41.7 Å². The van der Waals surface area contributed by atoms with Crippen molar-refractivity contribution < 1.29 is 9.84 Å². The van der Waals surface area contributed by atoms with Gasteiger partial charge in [0.1, 0.15) is 10.7 Å². The number of aromatic hydroxyl groups is 1. The summed E-state index contributed by atoms with van der Waals surface area (Å²) >= 11 is 4.96. The molecule has 0 amide bonds. The molecule has 1 aliphatic carbocycles. The van der Waals surface area contributed by atoms with Gasteiger partial charge in [-0.25, -0.2) is 4.98 Å². The summed E-state index contributed by atoms with van der Waals surface area (Å²) in [6, 6.07) is 3.40. The number of H-pyrrole nitrogens is 1. The van der Waals surface area contributed by atoms with Gasteiger partial charge in [0, 0.05) is 10.4 Å². The second-order valence-corrected chi connectivity index (χ2v) is 10.4. The van der Waals surface area contributed by atoms with Crippen LogP contribution in [0.3, 0.4) is 0 Å². The number of phenols is 1. The lowest BCUT2D eigenvalue weighted by molar-refractivity contribution is 0.218. The zero-order valence-corrected chi connectivity index (χ0v) is 18.8. The van der Waals surface area contributed by atoms with Crippen molar-refractivity contribution in [2.75, 3.05) is 7.11 Å². The maximum Gasteiger partial charge on any atom is 0.260 e. The van der Waals surface area contributed by atoms with E-state index in [1.807, 2.05) is 0 Å². The fourth-order valence-electron chi connectivity index (χ4n) is 3.93. The number of aromatic nitrogens is 2. The number of thiophene rings is 1. The second-order valence-electron chi connectivity index (χ2n) is 8.41. The van der Waals surface area contributed by atoms with Crippen molar-refractivity contribution >= 4 is 37.5 Å². The first kappa shape index (κ1) is 19.5. The molecule has 7 heteroatoms. The molecule has 2 N–H and O–H groups in total. The number of ether oxygens (including phenoxy) is 1. The van der Waals surface area contributed by atoms with Crippen molar-refractivity contribution in [3.05, 3.63) is 37.4 Å². The number of nitrogens with zero attached hydrogens (tertiary/aromatic N) is 1. The smallest absolute Gasteiger partial charge is 0.260 e. The summed E-state index contributed by atoms with van der Waals surface area (Å²) in [7, 11) is 1.49. The van der Waals surface area contributed by atoms with Gasteiger partial charge in [-0.2, -0.15) is 0 Å². The summed E-state index contributed by atoms with van der Waals surface area (Å²) in [5, 5.41) is 10.8. The third kappa shape index (κ3) is 3.24. The Kier molecular flexibility index (Phi) is 4.78. The van der Waals surface area contributed by atoms with Crippen molar-refractivity contribution in [1.29, 1.82) is 0 Å². The zero-order valence-electron chi connectivity index (χ0n) is 16.4. The SMILES string of the molecule is COc1cc(-c2nc3sc4c(c3c(=O)[nH]2)CCC(C(C)(C)C)C4)cc(Br)c1O. The molecule has 2 aromatic heterocycles. The highest BCUT2D eigenvalue weighted by molar-refractivity contribution is 9.10. The van der Waals surface area contributed by atoms with Crippen molar-refractivity contribution in [1.82, 2.24) is 9.97 Å². The van der Waals surface area contributed by atoms with Gasteiger partial charge in [0.2, 0.25) is 0 Å². The molecule has 4 rings (SSSR count). The van der Waals surface area contributed by atoms with E-state index in [1.165, 1.54) is 17.6 Å². The molecule has 0 spiro atoms. The van der Waals surface area contributed by atoms with Crippen LogP contribution in [0.5, 0.6) is 11.5 Å². The van der Waals surface area contributed by atoms with Crippen LogP contribution in [0.2, 0.25) is 0 Å². The van der Waals surface area contributed by atoms with Gasteiger partial charge in [-0.15, -0.1) is 11.3 Å². The summed E-state index contributed by atoms with van der Waals surface area (Å²) < 4.78 is 5.71. The Morgan fingerprint density at radius 2 is 2.11 bits per heavy atom. The molecule has 0 saturated heterocycles. The average Bonchev–Trinajstić information content (AvgIpc) is 3.01. The molecule has 1 unspecified atom stereocenters. The third-order valence-corrected chi connectivity index (χ3v) is 7.42. The zero-order chi connectivity index (χ0) is 20.2. The minimum atomic E-state index is -0.102. The number of hydrogen-bond acceptors (Lipinski definition) is 5. The van der Waals surface area contributed by atoms with Gasteiger partial charge in [-0.3, -0.25) is 4.79 Å². The maximum atomic E-state index is 12.9. The number of benzene rings is 1. The van der Waals surface area contributed by atoms with Crippen LogP contribution in [0, 0.1) is 11.3 Å². The Morgan fingerprint density at radius 1 is 1.36 bits per heavy atom. The summed E-state index contributed by atoms with van der Waals surface area (Å²) in [6.07, 6.45) is 3.04. The molecule has 0 saturated carbocycles. The minimum absolute atomic E-state index is 0.0227. The number of methoxy groups -OCH3 is 1. The number of aromatic amines is 1. The van der Waals surface area contributed by atoms with Gasteiger partial charge in [-0.05, 0) is 64.2 Å². The lowest BCUT2D eigenvalue weighted by atomic mass is 9.72. The van der Waals surface area contributed by atoms with Crippen LogP contribution in [-0.4, -0.2) is 22.2 Å². The van der Waals surface area contributed by atoms with Crippen LogP contribution >= 0.6 is 27.3 Å². The van der Waals surface area contributed by atoms with Crippen LogP contribution < -0.4 is 10.3 Å². The van der Waals surface area contributed by atoms with Crippen molar-refractivity contribution in [2.24, 2.45) is 11.3 Å². The van der Waals surface area contributed by atoms with Crippen molar-refractivity contribution in [2.45, 2.75) is 40.0 Å². The largest absolute Gasteiger partial charge is 0.503 e. The molecule has 5 nitrogen and oxygen atoms in total. The van der Waals surface area contributed by atoms with E-state index in [4.69, 9.17) is 9.72 Å². The molecule has 148 valence electrons. The van der Waals surface area contributed by atoms with Gasteiger partial charge < -0.3 is 14.8 Å². The van der Waals surface area contributed by atoms with E-state index in [9.17, 15) is 9.90 Å². The Bertz CT molecular complexity index is 1130. The Hall–Kier alpha value is -1.86. The Balaban J connectivity index is 1.83. The van der Waals surface area contributed by atoms with Gasteiger partial charge in [0.25, 0.3) is 5.56 Å². The molecule has 0 fully saturated rings. The Morgan fingerprint density at radius 3 is 2.79 bits per heavy atom. The van der Waals surface area contributed by atoms with Crippen LogP contribution in [-0.2, 0) is 12.8 Å². The first-order valence-electron chi connectivity index (χ1n) is 9.30. The summed E-state index contributed by atoms with van der Waals surface area (Å²) in [5.41, 5.74) is 2.01.